The van der Waals surface area contributed by atoms with E-state index < -0.39 is 0 Å². The fraction of sp³-hybridized carbons (Fsp3) is 0.625. The van der Waals surface area contributed by atoms with Crippen LogP contribution in [0.15, 0.2) is 16.8 Å². The molecule has 0 spiro atoms. The second kappa shape index (κ2) is 7.24. The van der Waals surface area contributed by atoms with Crippen LogP contribution in [-0.4, -0.2) is 60.9 Å². The summed E-state index contributed by atoms with van der Waals surface area (Å²) in [6.45, 7) is 4.98. The van der Waals surface area contributed by atoms with Gasteiger partial charge in [0.05, 0.1) is 0 Å². The van der Waals surface area contributed by atoms with Crippen LogP contribution < -0.4 is 5.32 Å². The third kappa shape index (κ3) is 3.67. The molecule has 1 saturated carbocycles. The number of carbonyl (C=O) groups is 2. The van der Waals surface area contributed by atoms with Crippen molar-refractivity contribution in [3.8, 4) is 0 Å². The van der Waals surface area contributed by atoms with E-state index in [1.807, 2.05) is 21.7 Å². The van der Waals surface area contributed by atoms with Gasteiger partial charge in [0.2, 0.25) is 5.91 Å². The summed E-state index contributed by atoms with van der Waals surface area (Å²) >= 11 is 1.53. The Kier molecular flexibility index (Phi) is 5.10. The molecule has 3 rings (SSSR count). The lowest BCUT2D eigenvalue weighted by atomic mass is 9.84. The van der Waals surface area contributed by atoms with Gasteiger partial charge in [-0.15, -0.1) is 0 Å². The molecule has 120 valence electrons. The predicted octanol–water partition coefficient (Wildman–Crippen LogP) is 1.42. The lowest BCUT2D eigenvalue weighted by Crippen LogP contribution is -2.52. The summed E-state index contributed by atoms with van der Waals surface area (Å²) in [6, 6.07) is 1.84. The Morgan fingerprint density at radius 3 is 2.59 bits per heavy atom. The van der Waals surface area contributed by atoms with Crippen LogP contribution in [0.2, 0.25) is 0 Å². The summed E-state index contributed by atoms with van der Waals surface area (Å²) in [7, 11) is 0. The van der Waals surface area contributed by atoms with E-state index in [-0.39, 0.29) is 5.91 Å². The number of hydrogen-bond donors (Lipinski definition) is 1. The van der Waals surface area contributed by atoms with Gasteiger partial charge in [-0.3, -0.25) is 14.5 Å². The average molecular weight is 321 g/mol. The quantitative estimate of drug-likeness (QED) is 0.892. The highest BCUT2D eigenvalue weighted by atomic mass is 32.1. The van der Waals surface area contributed by atoms with Crippen molar-refractivity contribution in [3.63, 3.8) is 0 Å². The molecule has 1 N–H and O–H groups in total. The fourth-order valence-corrected chi connectivity index (χ4v) is 3.56. The second-order valence-electron chi connectivity index (χ2n) is 6.06. The summed E-state index contributed by atoms with van der Waals surface area (Å²) in [6.07, 6.45) is 3.36. The summed E-state index contributed by atoms with van der Waals surface area (Å²) < 4.78 is 0. The SMILES string of the molecule is O=C(NCCN1CCN(C(=O)C2CCC2)CC1)c1ccsc1. The molecule has 0 bridgehead atoms. The van der Waals surface area contributed by atoms with Crippen molar-refractivity contribution in [1.29, 1.82) is 0 Å². The topological polar surface area (TPSA) is 52.7 Å². The first-order valence-electron chi connectivity index (χ1n) is 8.05. The minimum atomic E-state index is 0.0000437. The number of nitrogens with one attached hydrogen (secondary N) is 1. The van der Waals surface area contributed by atoms with Gasteiger partial charge in [-0.05, 0) is 24.3 Å². The molecule has 6 heteroatoms. The highest BCUT2D eigenvalue weighted by Gasteiger charge is 2.30. The van der Waals surface area contributed by atoms with Crippen LogP contribution in [0, 0.1) is 5.92 Å². The Hall–Kier alpha value is -1.40. The Labute approximate surface area is 135 Å². The molecule has 1 aliphatic heterocycles. The molecule has 0 radical (unpaired) electrons. The Morgan fingerprint density at radius 1 is 1.23 bits per heavy atom. The van der Waals surface area contributed by atoms with Crippen molar-refractivity contribution in [1.82, 2.24) is 15.1 Å². The van der Waals surface area contributed by atoms with Gasteiger partial charge in [-0.25, -0.2) is 0 Å². The molecule has 0 atom stereocenters. The van der Waals surface area contributed by atoms with Crippen LogP contribution >= 0.6 is 11.3 Å². The molecule has 0 unspecified atom stereocenters. The maximum Gasteiger partial charge on any atom is 0.252 e. The van der Waals surface area contributed by atoms with E-state index in [0.29, 0.717) is 18.4 Å². The van der Waals surface area contributed by atoms with Gasteiger partial charge in [0.25, 0.3) is 5.91 Å². The molecule has 2 heterocycles. The van der Waals surface area contributed by atoms with E-state index in [1.165, 1.54) is 17.8 Å². The van der Waals surface area contributed by atoms with E-state index in [4.69, 9.17) is 0 Å². The Morgan fingerprint density at radius 2 is 2.00 bits per heavy atom. The molecule has 0 aromatic carbocycles. The highest BCUT2D eigenvalue weighted by molar-refractivity contribution is 7.08. The fourth-order valence-electron chi connectivity index (χ4n) is 2.93. The predicted molar refractivity (Wildman–Crippen MR) is 87.0 cm³/mol. The number of nitrogens with zero attached hydrogens (tertiary/aromatic N) is 2. The smallest absolute Gasteiger partial charge is 0.252 e. The van der Waals surface area contributed by atoms with Crippen molar-refractivity contribution in [3.05, 3.63) is 22.4 Å². The summed E-state index contributed by atoms with van der Waals surface area (Å²) in [5.41, 5.74) is 0.737. The first-order valence-corrected chi connectivity index (χ1v) is 9.00. The van der Waals surface area contributed by atoms with E-state index in [2.05, 4.69) is 10.2 Å². The number of thiophene rings is 1. The van der Waals surface area contributed by atoms with Crippen LogP contribution in [-0.2, 0) is 4.79 Å². The monoisotopic (exact) mass is 321 g/mol. The highest BCUT2D eigenvalue weighted by Crippen LogP contribution is 2.28. The summed E-state index contributed by atoms with van der Waals surface area (Å²) in [4.78, 5) is 28.3. The molecule has 2 amide bonds. The third-order valence-electron chi connectivity index (χ3n) is 4.64. The lowest BCUT2D eigenvalue weighted by Gasteiger charge is -2.38. The number of rotatable bonds is 5. The van der Waals surface area contributed by atoms with Gasteiger partial charge in [-0.1, -0.05) is 6.42 Å². The molecule has 1 aliphatic carbocycles. The zero-order chi connectivity index (χ0) is 15.4. The first kappa shape index (κ1) is 15.5. The zero-order valence-corrected chi connectivity index (χ0v) is 13.6. The number of carbonyl (C=O) groups excluding carboxylic acids is 2. The first-order chi connectivity index (χ1) is 10.7. The molecule has 22 heavy (non-hydrogen) atoms. The van der Waals surface area contributed by atoms with Gasteiger partial charge in [0.15, 0.2) is 0 Å². The van der Waals surface area contributed by atoms with Gasteiger partial charge in [0.1, 0.15) is 0 Å². The van der Waals surface area contributed by atoms with Crippen molar-refractivity contribution >= 4 is 23.2 Å². The minimum Gasteiger partial charge on any atom is -0.351 e. The van der Waals surface area contributed by atoms with Crippen molar-refractivity contribution in [2.45, 2.75) is 19.3 Å². The van der Waals surface area contributed by atoms with Crippen LogP contribution in [0.4, 0.5) is 0 Å². The second-order valence-corrected chi connectivity index (χ2v) is 6.84. The van der Waals surface area contributed by atoms with Gasteiger partial charge >= 0.3 is 0 Å². The standard InChI is InChI=1S/C16H23N3O2S/c20-15(14-4-11-22-12-14)17-5-6-18-7-9-19(10-8-18)16(21)13-2-1-3-13/h4,11-13H,1-3,5-10H2,(H,17,20). The maximum atomic E-state index is 12.2. The lowest BCUT2D eigenvalue weighted by molar-refractivity contribution is -0.139. The van der Waals surface area contributed by atoms with E-state index in [0.717, 1.165) is 51.1 Å². The van der Waals surface area contributed by atoms with Crippen LogP contribution in [0.5, 0.6) is 0 Å². The summed E-state index contributed by atoms with van der Waals surface area (Å²) in [5.74, 6) is 0.660. The van der Waals surface area contributed by atoms with Crippen LogP contribution in [0.3, 0.4) is 0 Å². The Balaban J connectivity index is 1.34. The molecule has 1 saturated heterocycles. The zero-order valence-electron chi connectivity index (χ0n) is 12.8. The third-order valence-corrected chi connectivity index (χ3v) is 5.32. The molecule has 1 aromatic rings. The molecule has 2 aliphatic rings. The van der Waals surface area contributed by atoms with E-state index in [1.54, 1.807) is 0 Å². The van der Waals surface area contributed by atoms with Crippen molar-refractivity contribution < 1.29 is 9.59 Å². The van der Waals surface area contributed by atoms with Crippen LogP contribution in [0.1, 0.15) is 29.6 Å². The summed E-state index contributed by atoms with van der Waals surface area (Å²) in [5, 5.41) is 6.72. The number of hydrogen-bond acceptors (Lipinski definition) is 4. The van der Waals surface area contributed by atoms with Crippen molar-refractivity contribution in [2.24, 2.45) is 5.92 Å². The maximum absolute atomic E-state index is 12.2. The number of piperazine rings is 1. The average Bonchev–Trinajstić information content (AvgIpc) is 3.00. The molecular weight excluding hydrogens is 298 g/mol. The normalized spacial score (nSPS) is 19.7. The van der Waals surface area contributed by atoms with Gasteiger partial charge in [0, 0.05) is 56.1 Å². The molecule has 2 fully saturated rings. The van der Waals surface area contributed by atoms with E-state index in [9.17, 15) is 9.59 Å². The minimum absolute atomic E-state index is 0.0000437. The van der Waals surface area contributed by atoms with Gasteiger partial charge in [-0.2, -0.15) is 11.3 Å². The molecule has 1 aromatic heterocycles. The van der Waals surface area contributed by atoms with Gasteiger partial charge < -0.3 is 10.2 Å². The van der Waals surface area contributed by atoms with E-state index >= 15 is 0 Å². The van der Waals surface area contributed by atoms with Crippen LogP contribution in [0.25, 0.3) is 0 Å². The largest absolute Gasteiger partial charge is 0.351 e. The Bertz CT molecular complexity index is 505. The van der Waals surface area contributed by atoms with Crippen molar-refractivity contribution in [2.75, 3.05) is 39.3 Å². The molecular formula is C16H23N3O2S. The molecule has 5 nitrogen and oxygen atoms in total. The number of amides is 2.